The molecule has 0 aromatic heterocycles. The zero-order valence-electron chi connectivity index (χ0n) is 8.40. The quantitative estimate of drug-likeness (QED) is 0.461. The van der Waals surface area contributed by atoms with E-state index in [-0.39, 0.29) is 38.0 Å². The van der Waals surface area contributed by atoms with Gasteiger partial charge in [-0.3, -0.25) is 4.79 Å². The van der Waals surface area contributed by atoms with E-state index in [0.717, 1.165) is 6.16 Å². The van der Waals surface area contributed by atoms with E-state index in [2.05, 4.69) is 0 Å². The topological polar surface area (TPSA) is 17.1 Å². The molecule has 0 fully saturated rings. The summed E-state index contributed by atoms with van der Waals surface area (Å²) in [5.41, 5.74) is 0.311. The van der Waals surface area contributed by atoms with Crippen LogP contribution in [0.1, 0.15) is 17.3 Å². The van der Waals surface area contributed by atoms with Crippen molar-refractivity contribution in [1.82, 2.24) is 0 Å². The summed E-state index contributed by atoms with van der Waals surface area (Å²) in [6, 6.07) is 3.17. The van der Waals surface area contributed by atoms with Crippen LogP contribution in [-0.4, -0.2) is 30.5 Å². The van der Waals surface area contributed by atoms with Gasteiger partial charge in [-0.2, -0.15) is 0 Å². The third-order valence-electron chi connectivity index (χ3n) is 1.61. The molecule has 0 heterocycles. The second kappa shape index (κ2) is 7.18. The summed E-state index contributed by atoms with van der Waals surface area (Å²) in [6.07, 6.45) is 0.790. The zero-order valence-corrected chi connectivity index (χ0v) is 11.7. The van der Waals surface area contributed by atoms with Crippen molar-refractivity contribution in [3.8, 4) is 0 Å². The second-order valence-electron chi connectivity index (χ2n) is 2.58. The van der Waals surface area contributed by atoms with Gasteiger partial charge < -0.3 is 0 Å². The monoisotopic (exact) mass is 275 g/mol. The molecule has 0 bridgehead atoms. The Morgan fingerprint density at radius 3 is 2.33 bits per heavy atom. The number of halogens is 3. The first-order chi connectivity index (χ1) is 6.57. The molecular weight excluding hydrogens is 268 g/mol. The van der Waals surface area contributed by atoms with Crippen LogP contribution in [0.2, 0.25) is 15.1 Å². The number of carbonyl (C=O) groups is 1. The number of rotatable bonds is 3. The van der Waals surface area contributed by atoms with Crippen LogP contribution >= 0.6 is 43.4 Å². The molecule has 1 rings (SSSR count). The summed E-state index contributed by atoms with van der Waals surface area (Å²) >= 11 is 17.6. The maximum Gasteiger partial charge on any atom is 0.184 e. The van der Waals surface area contributed by atoms with Crippen LogP contribution in [0.15, 0.2) is 12.1 Å². The van der Waals surface area contributed by atoms with Crippen LogP contribution < -0.4 is 0 Å². The molecule has 0 N–H and O–H groups in total. The van der Waals surface area contributed by atoms with E-state index in [1.165, 1.54) is 0 Å². The fraction of sp³-hybridized carbons (Fsp3) is 0.222. The first-order valence-corrected chi connectivity index (χ1v) is 6.33. The van der Waals surface area contributed by atoms with Crippen molar-refractivity contribution in [3.63, 3.8) is 0 Å². The van der Waals surface area contributed by atoms with Crippen molar-refractivity contribution >= 4 is 67.8 Å². The molecule has 0 amide bonds. The van der Waals surface area contributed by atoms with Gasteiger partial charge in [0.25, 0.3) is 0 Å². The molecule has 15 heavy (non-hydrogen) atoms. The number of carbonyl (C=O) groups excluding carboxylic acids is 1. The molecule has 1 nitrogen and oxygen atoms in total. The Kier molecular flexibility index (Phi) is 7.56. The summed E-state index contributed by atoms with van der Waals surface area (Å²) in [7, 11) is 0.189. The van der Waals surface area contributed by atoms with E-state index in [1.807, 2.05) is 6.92 Å². The zero-order chi connectivity index (χ0) is 10.7. The first-order valence-electron chi connectivity index (χ1n) is 3.99. The van der Waals surface area contributed by atoms with Crippen LogP contribution in [0.25, 0.3) is 0 Å². The summed E-state index contributed by atoms with van der Waals surface area (Å²) in [6.45, 7) is 1.93. The first kappa shape index (κ1) is 15.8. The van der Waals surface area contributed by atoms with Crippen molar-refractivity contribution < 1.29 is 4.79 Å². The Labute approximate surface area is 118 Å². The van der Waals surface area contributed by atoms with Crippen molar-refractivity contribution in [3.05, 3.63) is 32.8 Å². The van der Waals surface area contributed by atoms with Gasteiger partial charge in [-0.05, 0) is 26.9 Å². The average Bonchev–Trinajstić information content (AvgIpc) is 2.13. The number of hydrogen-bond acceptors (Lipinski definition) is 1. The van der Waals surface area contributed by atoms with Gasteiger partial charge in [0.05, 0.1) is 20.6 Å². The molecule has 0 spiro atoms. The molecule has 1 atom stereocenters. The van der Waals surface area contributed by atoms with Gasteiger partial charge in [0.2, 0.25) is 0 Å². The van der Waals surface area contributed by atoms with Crippen molar-refractivity contribution in [2.45, 2.75) is 6.92 Å². The molecule has 1 unspecified atom stereocenters. The van der Waals surface area contributed by atoms with Crippen LogP contribution in [0.3, 0.4) is 0 Å². The van der Waals surface area contributed by atoms with Crippen LogP contribution in [-0.2, 0) is 0 Å². The molecule has 6 heteroatoms. The predicted octanol–water partition coefficient (Wildman–Crippen LogP) is 4.10. The Morgan fingerprint density at radius 2 is 1.80 bits per heavy atom. The van der Waals surface area contributed by atoms with Crippen LogP contribution in [0.5, 0.6) is 0 Å². The number of benzene rings is 1. The van der Waals surface area contributed by atoms with Crippen LogP contribution in [0, 0.1) is 0 Å². The SMILES string of the molecule is CCPC(=O)c1c(Cl)ccc(Cl)c1Cl.[Li]. The molecule has 0 aliphatic rings. The number of hydrogen-bond donors (Lipinski definition) is 0. The molecule has 1 aromatic carbocycles. The van der Waals surface area contributed by atoms with Gasteiger partial charge >= 0.3 is 0 Å². The van der Waals surface area contributed by atoms with Crippen molar-refractivity contribution in [2.75, 3.05) is 6.16 Å². The fourth-order valence-electron chi connectivity index (χ4n) is 0.984. The van der Waals surface area contributed by atoms with E-state index >= 15 is 0 Å². The van der Waals surface area contributed by atoms with Gasteiger partial charge in [0, 0.05) is 18.9 Å². The van der Waals surface area contributed by atoms with E-state index in [1.54, 1.807) is 12.1 Å². The normalized spacial score (nSPS) is 10.4. The Hall–Kier alpha value is 0.787. The minimum absolute atomic E-state index is 0. The summed E-state index contributed by atoms with van der Waals surface area (Å²) in [4.78, 5) is 11.6. The maximum absolute atomic E-state index is 11.6. The van der Waals surface area contributed by atoms with Gasteiger partial charge in [-0.1, -0.05) is 41.7 Å². The molecular formula is C9H8Cl3LiOP. The van der Waals surface area contributed by atoms with E-state index in [4.69, 9.17) is 34.8 Å². The molecule has 0 saturated carbocycles. The Bertz CT molecular complexity index is 371. The Balaban J connectivity index is 0.00000196. The Morgan fingerprint density at radius 1 is 1.27 bits per heavy atom. The molecule has 77 valence electrons. The molecule has 1 radical (unpaired) electrons. The van der Waals surface area contributed by atoms with Crippen molar-refractivity contribution in [1.29, 1.82) is 0 Å². The minimum atomic E-state index is -0.0370. The molecule has 1 aromatic rings. The molecule has 0 aliphatic heterocycles. The van der Waals surface area contributed by atoms with E-state index in [0.29, 0.717) is 15.6 Å². The predicted molar refractivity (Wildman–Crippen MR) is 70.4 cm³/mol. The maximum atomic E-state index is 11.6. The van der Waals surface area contributed by atoms with Crippen molar-refractivity contribution in [2.24, 2.45) is 0 Å². The molecule has 0 saturated heterocycles. The van der Waals surface area contributed by atoms with Crippen LogP contribution in [0.4, 0.5) is 0 Å². The third kappa shape index (κ3) is 3.94. The van der Waals surface area contributed by atoms with Gasteiger partial charge in [-0.15, -0.1) is 0 Å². The van der Waals surface area contributed by atoms with Gasteiger partial charge in [0.15, 0.2) is 5.52 Å². The smallest absolute Gasteiger partial charge is 0.184 e. The van der Waals surface area contributed by atoms with E-state index in [9.17, 15) is 4.79 Å². The third-order valence-corrected chi connectivity index (χ3v) is 3.65. The molecule has 0 aliphatic carbocycles. The van der Waals surface area contributed by atoms with Gasteiger partial charge in [0.1, 0.15) is 0 Å². The summed E-state index contributed by atoms with van der Waals surface area (Å²) in [5.74, 6) is 0. The largest absolute Gasteiger partial charge is 0.289 e. The summed E-state index contributed by atoms with van der Waals surface area (Å²) < 4.78 is 0. The van der Waals surface area contributed by atoms with Gasteiger partial charge in [-0.25, -0.2) is 0 Å². The minimum Gasteiger partial charge on any atom is -0.289 e. The second-order valence-corrected chi connectivity index (χ2v) is 5.28. The summed E-state index contributed by atoms with van der Waals surface area (Å²) in [5, 5.41) is 0.982. The average molecular weight is 276 g/mol. The standard InChI is InChI=1S/C9H8Cl3OP.Li/c1-2-14-9(13)7-5(10)3-4-6(11)8(7)12;/h3-4,14H,2H2,1H3;. The fourth-order valence-corrected chi connectivity index (χ4v) is 2.60. The van der Waals surface area contributed by atoms with E-state index < -0.39 is 0 Å².